The van der Waals surface area contributed by atoms with Crippen molar-refractivity contribution < 1.29 is 31.9 Å². The van der Waals surface area contributed by atoms with Gasteiger partial charge in [0.1, 0.15) is 6.26 Å². The van der Waals surface area contributed by atoms with Crippen molar-refractivity contribution in [2.24, 2.45) is 0 Å². The van der Waals surface area contributed by atoms with Crippen molar-refractivity contribution in [2.75, 3.05) is 7.11 Å². The molecule has 9 heteroatoms. The number of esters is 1. The molecule has 1 amide bonds. The van der Waals surface area contributed by atoms with Crippen LogP contribution in [0.3, 0.4) is 0 Å². The summed E-state index contributed by atoms with van der Waals surface area (Å²) in [6, 6.07) is 3.67. The van der Waals surface area contributed by atoms with E-state index in [-0.39, 0.29) is 29.7 Å². The van der Waals surface area contributed by atoms with E-state index in [1.165, 1.54) is 12.0 Å². The van der Waals surface area contributed by atoms with Gasteiger partial charge in [-0.1, -0.05) is 0 Å². The fraction of sp³-hybridized carbons (Fsp3) is 0.353. The van der Waals surface area contributed by atoms with Gasteiger partial charge in [0.2, 0.25) is 5.89 Å². The summed E-state index contributed by atoms with van der Waals surface area (Å²) in [5.41, 5.74) is -0.764. The van der Waals surface area contributed by atoms with Gasteiger partial charge in [-0.05, 0) is 38.1 Å². The minimum atomic E-state index is -4.47. The molecule has 140 valence electrons. The van der Waals surface area contributed by atoms with Crippen LogP contribution in [0, 0.1) is 0 Å². The first-order chi connectivity index (χ1) is 12.1. The Morgan fingerprint density at radius 3 is 2.35 bits per heavy atom. The Bertz CT molecular complexity index is 782. The number of oxazole rings is 1. The zero-order chi connectivity index (χ0) is 19.5. The predicted molar refractivity (Wildman–Crippen MR) is 84.3 cm³/mol. The number of halogens is 3. The summed E-state index contributed by atoms with van der Waals surface area (Å²) < 4.78 is 47.6. The first-order valence-corrected chi connectivity index (χ1v) is 7.64. The van der Waals surface area contributed by atoms with E-state index in [4.69, 9.17) is 4.42 Å². The van der Waals surface area contributed by atoms with Crippen molar-refractivity contribution in [3.63, 3.8) is 0 Å². The molecule has 2 aromatic rings. The molecule has 2 rings (SSSR count). The molecule has 0 N–H and O–H groups in total. The van der Waals surface area contributed by atoms with Crippen LogP contribution in [-0.4, -0.2) is 34.9 Å². The maximum Gasteiger partial charge on any atom is 0.416 e. The lowest BCUT2D eigenvalue weighted by atomic mass is 10.1. The number of methoxy groups -OCH3 is 1. The monoisotopic (exact) mass is 370 g/mol. The lowest BCUT2D eigenvalue weighted by Gasteiger charge is -2.25. The topological polar surface area (TPSA) is 72.6 Å². The molecule has 0 radical (unpaired) electrons. The van der Waals surface area contributed by atoms with Crippen LogP contribution in [0.1, 0.15) is 46.1 Å². The van der Waals surface area contributed by atoms with E-state index in [0.29, 0.717) is 0 Å². The summed E-state index contributed by atoms with van der Waals surface area (Å²) in [6.07, 6.45) is -3.36. The number of benzene rings is 1. The largest absolute Gasteiger partial charge is 0.464 e. The molecular weight excluding hydrogens is 353 g/mol. The molecule has 0 unspecified atom stereocenters. The number of alkyl halides is 3. The van der Waals surface area contributed by atoms with Crippen LogP contribution in [0.4, 0.5) is 13.2 Å². The molecule has 6 nitrogen and oxygen atoms in total. The predicted octanol–water partition coefficient (Wildman–Crippen LogP) is 3.53. The molecule has 0 aliphatic heterocycles. The molecule has 0 spiro atoms. The molecule has 0 saturated heterocycles. The first kappa shape index (κ1) is 19.5. The minimum Gasteiger partial charge on any atom is -0.464 e. The Balaban J connectivity index is 2.20. The normalized spacial score (nSPS) is 11.5. The third kappa shape index (κ3) is 4.41. The second-order valence-electron chi connectivity index (χ2n) is 5.72. The Hall–Kier alpha value is -2.84. The van der Waals surface area contributed by atoms with Crippen molar-refractivity contribution in [2.45, 2.75) is 32.6 Å². The average Bonchev–Trinajstić information content (AvgIpc) is 3.06. The third-order valence-electron chi connectivity index (χ3n) is 3.60. The van der Waals surface area contributed by atoms with Gasteiger partial charge in [0.05, 0.1) is 19.2 Å². The SMILES string of the molecule is COC(=O)c1coc(CN(C(=O)c2ccc(C(F)(F)F)cc2)C(C)C)n1. The number of carbonyl (C=O) groups is 2. The summed E-state index contributed by atoms with van der Waals surface area (Å²) >= 11 is 0. The first-order valence-electron chi connectivity index (χ1n) is 7.64. The molecule has 1 aromatic carbocycles. The molecule has 0 aliphatic rings. The number of ether oxygens (including phenoxy) is 1. The Labute approximate surface area is 147 Å². The second-order valence-corrected chi connectivity index (χ2v) is 5.72. The summed E-state index contributed by atoms with van der Waals surface area (Å²) in [6.45, 7) is 3.44. The number of carbonyl (C=O) groups excluding carboxylic acids is 2. The van der Waals surface area contributed by atoms with Crippen LogP contribution in [0.15, 0.2) is 34.9 Å². The molecule has 0 saturated carbocycles. The van der Waals surface area contributed by atoms with Crippen LogP contribution in [0.25, 0.3) is 0 Å². The highest BCUT2D eigenvalue weighted by atomic mass is 19.4. The van der Waals surface area contributed by atoms with E-state index in [2.05, 4.69) is 9.72 Å². The molecule has 26 heavy (non-hydrogen) atoms. The van der Waals surface area contributed by atoms with Crippen LogP contribution >= 0.6 is 0 Å². The standard InChI is InChI=1S/C17H17F3N2O4/c1-10(2)22(8-14-21-13(9-26-14)16(24)25-3)15(23)11-4-6-12(7-5-11)17(18,19)20/h4-7,9-10H,8H2,1-3H3. The number of amides is 1. The molecule has 0 bridgehead atoms. The molecular formula is C17H17F3N2O4. The van der Waals surface area contributed by atoms with Gasteiger partial charge in [-0.2, -0.15) is 13.2 Å². The summed E-state index contributed by atoms with van der Waals surface area (Å²) in [5.74, 6) is -1.05. The fourth-order valence-electron chi connectivity index (χ4n) is 2.18. The highest BCUT2D eigenvalue weighted by Gasteiger charge is 2.30. The Morgan fingerprint density at radius 2 is 1.85 bits per heavy atom. The van der Waals surface area contributed by atoms with E-state index < -0.39 is 23.6 Å². The maximum atomic E-state index is 12.6. The van der Waals surface area contributed by atoms with Crippen molar-refractivity contribution >= 4 is 11.9 Å². The maximum absolute atomic E-state index is 12.6. The van der Waals surface area contributed by atoms with Crippen molar-refractivity contribution in [1.82, 2.24) is 9.88 Å². The lowest BCUT2D eigenvalue weighted by Crippen LogP contribution is -2.36. The summed E-state index contributed by atoms with van der Waals surface area (Å²) in [7, 11) is 1.20. The molecule has 0 atom stereocenters. The van der Waals surface area contributed by atoms with Gasteiger partial charge < -0.3 is 14.1 Å². The van der Waals surface area contributed by atoms with Crippen LogP contribution in [-0.2, 0) is 17.5 Å². The van der Waals surface area contributed by atoms with Crippen LogP contribution in [0.2, 0.25) is 0 Å². The van der Waals surface area contributed by atoms with Gasteiger partial charge in [-0.3, -0.25) is 4.79 Å². The number of nitrogens with zero attached hydrogens (tertiary/aromatic N) is 2. The van der Waals surface area contributed by atoms with Crippen molar-refractivity contribution in [1.29, 1.82) is 0 Å². The van der Waals surface area contributed by atoms with Gasteiger partial charge in [0.15, 0.2) is 5.69 Å². The fourth-order valence-corrected chi connectivity index (χ4v) is 2.18. The second kappa shape index (κ2) is 7.59. The van der Waals surface area contributed by atoms with E-state index in [1.54, 1.807) is 13.8 Å². The third-order valence-corrected chi connectivity index (χ3v) is 3.60. The van der Waals surface area contributed by atoms with E-state index in [0.717, 1.165) is 30.5 Å². The number of hydrogen-bond donors (Lipinski definition) is 0. The van der Waals surface area contributed by atoms with Crippen molar-refractivity contribution in [3.8, 4) is 0 Å². The van der Waals surface area contributed by atoms with Crippen LogP contribution < -0.4 is 0 Å². The quantitative estimate of drug-likeness (QED) is 0.753. The van der Waals surface area contributed by atoms with Gasteiger partial charge in [-0.15, -0.1) is 0 Å². The summed E-state index contributed by atoms with van der Waals surface area (Å²) in [4.78, 5) is 29.3. The zero-order valence-electron chi connectivity index (χ0n) is 14.3. The Kier molecular flexibility index (Phi) is 5.69. The molecule has 1 heterocycles. The summed E-state index contributed by atoms with van der Waals surface area (Å²) in [5, 5.41) is 0. The van der Waals surface area contributed by atoms with E-state index in [1.807, 2.05) is 0 Å². The van der Waals surface area contributed by atoms with Gasteiger partial charge in [0.25, 0.3) is 5.91 Å². The van der Waals surface area contributed by atoms with E-state index >= 15 is 0 Å². The van der Waals surface area contributed by atoms with Gasteiger partial charge in [-0.25, -0.2) is 9.78 Å². The highest BCUT2D eigenvalue weighted by Crippen LogP contribution is 2.29. The molecule has 0 aliphatic carbocycles. The average molecular weight is 370 g/mol. The van der Waals surface area contributed by atoms with Crippen LogP contribution in [0.5, 0.6) is 0 Å². The zero-order valence-corrected chi connectivity index (χ0v) is 14.3. The van der Waals surface area contributed by atoms with Crippen molar-refractivity contribution in [3.05, 3.63) is 53.2 Å². The Morgan fingerprint density at radius 1 is 1.23 bits per heavy atom. The molecule has 1 aromatic heterocycles. The smallest absolute Gasteiger partial charge is 0.416 e. The van der Waals surface area contributed by atoms with Gasteiger partial charge >= 0.3 is 12.1 Å². The highest BCUT2D eigenvalue weighted by molar-refractivity contribution is 5.94. The molecule has 0 fully saturated rings. The minimum absolute atomic E-state index is 0.0341. The number of aromatic nitrogens is 1. The van der Waals surface area contributed by atoms with E-state index in [9.17, 15) is 22.8 Å². The number of hydrogen-bond acceptors (Lipinski definition) is 5. The lowest BCUT2D eigenvalue weighted by molar-refractivity contribution is -0.137. The van der Waals surface area contributed by atoms with Gasteiger partial charge in [0, 0.05) is 11.6 Å². The number of rotatable bonds is 5.